The molecule has 3 heterocycles. The van der Waals surface area contributed by atoms with E-state index in [0.717, 1.165) is 22.0 Å². The van der Waals surface area contributed by atoms with Crippen molar-refractivity contribution in [2.45, 2.75) is 13.1 Å². The van der Waals surface area contributed by atoms with Gasteiger partial charge in [-0.3, -0.25) is 14.8 Å². The molecule has 0 atom stereocenters. The van der Waals surface area contributed by atoms with E-state index in [2.05, 4.69) is 15.0 Å². The molecular formula is C21H18N4O. The molecule has 0 fully saturated rings. The summed E-state index contributed by atoms with van der Waals surface area (Å²) in [5.41, 5.74) is 3.57. The quantitative estimate of drug-likeness (QED) is 0.600. The third kappa shape index (κ3) is 3.47. The smallest absolute Gasteiger partial charge is 0.270 e. The number of aromatic amines is 1. The predicted molar refractivity (Wildman–Crippen MR) is 100 cm³/mol. The molecule has 0 aliphatic rings. The highest BCUT2D eigenvalue weighted by atomic mass is 16.2. The van der Waals surface area contributed by atoms with Crippen molar-refractivity contribution in [1.29, 1.82) is 0 Å². The number of carbonyl (C=O) groups is 1. The van der Waals surface area contributed by atoms with Crippen LogP contribution in [-0.4, -0.2) is 25.8 Å². The van der Waals surface area contributed by atoms with E-state index in [-0.39, 0.29) is 5.91 Å². The summed E-state index contributed by atoms with van der Waals surface area (Å²) in [6.45, 7) is 0.996. The number of rotatable bonds is 5. The lowest BCUT2D eigenvalue weighted by Gasteiger charge is -2.22. The number of nitrogens with one attached hydrogen (secondary N) is 1. The van der Waals surface area contributed by atoms with Crippen LogP contribution in [0.25, 0.3) is 10.9 Å². The van der Waals surface area contributed by atoms with Crippen LogP contribution >= 0.6 is 0 Å². The Morgan fingerprint density at radius 2 is 1.69 bits per heavy atom. The first-order valence-corrected chi connectivity index (χ1v) is 8.44. The van der Waals surface area contributed by atoms with Crippen molar-refractivity contribution in [3.8, 4) is 0 Å². The highest BCUT2D eigenvalue weighted by molar-refractivity contribution is 5.98. The lowest BCUT2D eigenvalue weighted by Crippen LogP contribution is -2.30. The highest BCUT2D eigenvalue weighted by Crippen LogP contribution is 2.18. The van der Waals surface area contributed by atoms with Crippen molar-refractivity contribution >= 4 is 16.8 Å². The zero-order valence-electron chi connectivity index (χ0n) is 14.2. The average molecular weight is 342 g/mol. The van der Waals surface area contributed by atoms with Gasteiger partial charge in [0.1, 0.15) is 5.69 Å². The third-order valence-electron chi connectivity index (χ3n) is 4.27. The SMILES string of the molecule is O=C(c1cc2ccccc2[nH]1)N(Cc1ccncc1)Cc1cccnc1. The number of pyridine rings is 2. The molecule has 1 N–H and O–H groups in total. The van der Waals surface area contributed by atoms with Crippen LogP contribution in [0, 0.1) is 0 Å². The van der Waals surface area contributed by atoms with E-state index in [1.807, 2.05) is 59.5 Å². The molecule has 4 rings (SSSR count). The number of amides is 1. The molecule has 26 heavy (non-hydrogen) atoms. The summed E-state index contributed by atoms with van der Waals surface area (Å²) in [4.78, 5) is 26.4. The maximum Gasteiger partial charge on any atom is 0.270 e. The molecule has 0 aliphatic heterocycles. The van der Waals surface area contributed by atoms with Crippen molar-refractivity contribution in [3.05, 3.63) is 96.2 Å². The fourth-order valence-electron chi connectivity index (χ4n) is 2.98. The van der Waals surface area contributed by atoms with E-state index >= 15 is 0 Å². The topological polar surface area (TPSA) is 61.9 Å². The first-order chi connectivity index (χ1) is 12.8. The summed E-state index contributed by atoms with van der Waals surface area (Å²) in [6.07, 6.45) is 7.00. The fraction of sp³-hybridized carbons (Fsp3) is 0.0952. The molecule has 1 amide bonds. The monoisotopic (exact) mass is 342 g/mol. The van der Waals surface area contributed by atoms with Gasteiger partial charge in [-0.05, 0) is 41.5 Å². The van der Waals surface area contributed by atoms with Crippen LogP contribution < -0.4 is 0 Å². The minimum Gasteiger partial charge on any atom is -0.351 e. The van der Waals surface area contributed by atoms with Crippen LogP contribution in [-0.2, 0) is 13.1 Å². The molecule has 3 aromatic heterocycles. The Morgan fingerprint density at radius 3 is 2.46 bits per heavy atom. The number of para-hydroxylation sites is 1. The molecule has 0 saturated carbocycles. The first-order valence-electron chi connectivity index (χ1n) is 8.44. The maximum absolute atomic E-state index is 13.2. The van der Waals surface area contributed by atoms with Gasteiger partial charge >= 0.3 is 0 Å². The van der Waals surface area contributed by atoms with Gasteiger partial charge in [-0.1, -0.05) is 24.3 Å². The zero-order valence-corrected chi connectivity index (χ0v) is 14.2. The van der Waals surface area contributed by atoms with Gasteiger partial charge in [0, 0.05) is 48.8 Å². The van der Waals surface area contributed by atoms with E-state index in [1.54, 1.807) is 24.8 Å². The van der Waals surface area contributed by atoms with Gasteiger partial charge in [0.05, 0.1) is 0 Å². The van der Waals surface area contributed by atoms with Crippen molar-refractivity contribution in [1.82, 2.24) is 19.9 Å². The number of carbonyl (C=O) groups excluding carboxylic acids is 1. The Balaban J connectivity index is 1.65. The second-order valence-electron chi connectivity index (χ2n) is 6.15. The van der Waals surface area contributed by atoms with Gasteiger partial charge < -0.3 is 9.88 Å². The molecule has 0 radical (unpaired) electrons. The molecular weight excluding hydrogens is 324 g/mol. The summed E-state index contributed by atoms with van der Waals surface area (Å²) in [6, 6.07) is 17.5. The molecule has 0 unspecified atom stereocenters. The second-order valence-corrected chi connectivity index (χ2v) is 6.15. The molecule has 0 bridgehead atoms. The zero-order chi connectivity index (χ0) is 17.8. The molecule has 0 aliphatic carbocycles. The Bertz CT molecular complexity index is 937. The average Bonchev–Trinajstić information content (AvgIpc) is 3.13. The molecule has 0 spiro atoms. The van der Waals surface area contributed by atoms with E-state index in [4.69, 9.17) is 0 Å². The van der Waals surface area contributed by atoms with E-state index in [9.17, 15) is 4.79 Å². The van der Waals surface area contributed by atoms with Crippen LogP contribution in [0.3, 0.4) is 0 Å². The van der Waals surface area contributed by atoms with Crippen molar-refractivity contribution in [3.63, 3.8) is 0 Å². The molecule has 1 aromatic carbocycles. The number of benzene rings is 1. The van der Waals surface area contributed by atoms with Crippen molar-refractivity contribution in [2.75, 3.05) is 0 Å². The maximum atomic E-state index is 13.2. The molecule has 5 heteroatoms. The highest BCUT2D eigenvalue weighted by Gasteiger charge is 2.19. The number of H-pyrrole nitrogens is 1. The van der Waals surface area contributed by atoms with Gasteiger partial charge in [0.15, 0.2) is 0 Å². The lowest BCUT2D eigenvalue weighted by molar-refractivity contribution is 0.0725. The molecule has 4 aromatic rings. The van der Waals surface area contributed by atoms with Gasteiger partial charge in [-0.25, -0.2) is 0 Å². The summed E-state index contributed by atoms with van der Waals surface area (Å²) < 4.78 is 0. The number of aromatic nitrogens is 3. The number of nitrogens with zero attached hydrogens (tertiary/aromatic N) is 3. The normalized spacial score (nSPS) is 10.8. The largest absolute Gasteiger partial charge is 0.351 e. The fourth-order valence-corrected chi connectivity index (χ4v) is 2.98. The second kappa shape index (κ2) is 7.19. The summed E-state index contributed by atoms with van der Waals surface area (Å²) in [5.74, 6) is -0.0399. The minimum atomic E-state index is -0.0399. The first kappa shape index (κ1) is 16.0. The molecule has 5 nitrogen and oxygen atoms in total. The standard InChI is InChI=1S/C21H18N4O/c26-21(20-12-18-5-1-2-6-19(18)24-20)25(14-16-7-10-22-11-8-16)15-17-4-3-9-23-13-17/h1-13,24H,14-15H2. The third-order valence-corrected chi connectivity index (χ3v) is 4.27. The predicted octanol–water partition coefficient (Wildman–Crippen LogP) is 3.80. The van der Waals surface area contributed by atoms with Gasteiger partial charge in [0.25, 0.3) is 5.91 Å². The Kier molecular flexibility index (Phi) is 4.43. The number of hydrogen-bond acceptors (Lipinski definition) is 3. The lowest BCUT2D eigenvalue weighted by atomic mass is 10.2. The number of hydrogen-bond donors (Lipinski definition) is 1. The van der Waals surface area contributed by atoms with E-state index in [1.165, 1.54) is 0 Å². The minimum absolute atomic E-state index is 0.0399. The summed E-state index contributed by atoms with van der Waals surface area (Å²) in [7, 11) is 0. The number of fused-ring (bicyclic) bond motifs is 1. The Hall–Kier alpha value is -3.47. The van der Waals surface area contributed by atoms with Crippen LogP contribution in [0.4, 0.5) is 0 Å². The van der Waals surface area contributed by atoms with Crippen LogP contribution in [0.5, 0.6) is 0 Å². The molecule has 0 saturated heterocycles. The Labute approximate surface area is 151 Å². The van der Waals surface area contributed by atoms with Crippen molar-refractivity contribution in [2.24, 2.45) is 0 Å². The Morgan fingerprint density at radius 1 is 0.885 bits per heavy atom. The van der Waals surface area contributed by atoms with Crippen LogP contribution in [0.15, 0.2) is 79.4 Å². The van der Waals surface area contributed by atoms with Crippen LogP contribution in [0.1, 0.15) is 21.6 Å². The van der Waals surface area contributed by atoms with E-state index in [0.29, 0.717) is 18.8 Å². The van der Waals surface area contributed by atoms with Gasteiger partial charge in [-0.2, -0.15) is 0 Å². The van der Waals surface area contributed by atoms with Crippen molar-refractivity contribution < 1.29 is 4.79 Å². The van der Waals surface area contributed by atoms with Crippen LogP contribution in [0.2, 0.25) is 0 Å². The van der Waals surface area contributed by atoms with E-state index < -0.39 is 0 Å². The van der Waals surface area contributed by atoms with Gasteiger partial charge in [-0.15, -0.1) is 0 Å². The summed E-state index contributed by atoms with van der Waals surface area (Å²) >= 11 is 0. The summed E-state index contributed by atoms with van der Waals surface area (Å²) in [5, 5.41) is 1.03. The van der Waals surface area contributed by atoms with Gasteiger partial charge in [0.2, 0.25) is 0 Å². The molecule has 128 valence electrons.